The van der Waals surface area contributed by atoms with E-state index in [4.69, 9.17) is 14.7 Å². The van der Waals surface area contributed by atoms with E-state index in [9.17, 15) is 4.79 Å². The molecule has 0 N–H and O–H groups in total. The van der Waals surface area contributed by atoms with Crippen LogP contribution in [-0.2, 0) is 0 Å². The SMILES string of the molecule is N#Cc1cccc(C(=O)Oc2ccc(Oc3ccccn3)cc2)c1. The maximum atomic E-state index is 12.1. The number of nitrogens with zero attached hydrogens (tertiary/aromatic N) is 2. The van der Waals surface area contributed by atoms with E-state index in [0.29, 0.717) is 28.5 Å². The molecule has 0 unspecified atom stereocenters. The van der Waals surface area contributed by atoms with Crippen LogP contribution in [0.15, 0.2) is 72.9 Å². The van der Waals surface area contributed by atoms with Crippen LogP contribution < -0.4 is 9.47 Å². The number of rotatable bonds is 4. The first-order chi connectivity index (χ1) is 11.7. The average molecular weight is 316 g/mol. The van der Waals surface area contributed by atoms with Crippen molar-refractivity contribution in [2.24, 2.45) is 0 Å². The minimum Gasteiger partial charge on any atom is -0.439 e. The van der Waals surface area contributed by atoms with Gasteiger partial charge in [0.15, 0.2) is 0 Å². The first-order valence-corrected chi connectivity index (χ1v) is 7.16. The van der Waals surface area contributed by atoms with Crippen molar-refractivity contribution in [1.82, 2.24) is 4.98 Å². The lowest BCUT2D eigenvalue weighted by atomic mass is 10.1. The molecule has 0 aliphatic carbocycles. The zero-order chi connectivity index (χ0) is 16.8. The maximum Gasteiger partial charge on any atom is 0.343 e. The number of carbonyl (C=O) groups excluding carboxylic acids is 1. The van der Waals surface area contributed by atoms with E-state index >= 15 is 0 Å². The molecule has 0 atom stereocenters. The Morgan fingerprint density at radius 2 is 1.75 bits per heavy atom. The Bertz CT molecular complexity index is 884. The summed E-state index contributed by atoms with van der Waals surface area (Å²) in [5, 5.41) is 8.86. The number of carbonyl (C=O) groups is 1. The molecule has 5 heteroatoms. The van der Waals surface area contributed by atoms with Crippen molar-refractivity contribution in [3.8, 4) is 23.4 Å². The molecule has 0 radical (unpaired) electrons. The molecular formula is C19H12N2O3. The fourth-order valence-electron chi connectivity index (χ4n) is 1.99. The Hall–Kier alpha value is -3.65. The summed E-state index contributed by atoms with van der Waals surface area (Å²) in [4.78, 5) is 16.2. The highest BCUT2D eigenvalue weighted by molar-refractivity contribution is 5.91. The van der Waals surface area contributed by atoms with Crippen molar-refractivity contribution in [3.63, 3.8) is 0 Å². The minimum absolute atomic E-state index is 0.322. The number of aromatic nitrogens is 1. The lowest BCUT2D eigenvalue weighted by Gasteiger charge is -2.07. The predicted octanol–water partition coefficient (Wildman–Crippen LogP) is 3.96. The van der Waals surface area contributed by atoms with E-state index in [-0.39, 0.29) is 0 Å². The standard InChI is InChI=1S/C19H12N2O3/c20-13-14-4-3-5-15(12-14)19(22)24-17-9-7-16(8-10-17)23-18-6-1-2-11-21-18/h1-12H. The van der Waals surface area contributed by atoms with Crippen LogP contribution in [0.5, 0.6) is 17.4 Å². The number of nitriles is 1. The third-order valence-corrected chi connectivity index (χ3v) is 3.12. The largest absolute Gasteiger partial charge is 0.439 e. The molecule has 0 bridgehead atoms. The normalized spacial score (nSPS) is 9.79. The molecule has 24 heavy (non-hydrogen) atoms. The summed E-state index contributed by atoms with van der Waals surface area (Å²) in [6.45, 7) is 0. The number of hydrogen-bond acceptors (Lipinski definition) is 5. The van der Waals surface area contributed by atoms with Gasteiger partial charge in [-0.25, -0.2) is 9.78 Å². The second kappa shape index (κ2) is 7.07. The number of hydrogen-bond donors (Lipinski definition) is 0. The third-order valence-electron chi connectivity index (χ3n) is 3.12. The van der Waals surface area contributed by atoms with Crippen molar-refractivity contribution >= 4 is 5.97 Å². The van der Waals surface area contributed by atoms with Gasteiger partial charge in [0.05, 0.1) is 17.2 Å². The Morgan fingerprint density at radius 3 is 2.46 bits per heavy atom. The summed E-state index contributed by atoms with van der Waals surface area (Å²) in [5.74, 6) is 0.928. The molecule has 5 nitrogen and oxygen atoms in total. The highest BCUT2D eigenvalue weighted by atomic mass is 16.5. The summed E-state index contributed by atoms with van der Waals surface area (Å²) in [6, 6.07) is 20.3. The molecule has 0 saturated carbocycles. The molecule has 3 aromatic rings. The van der Waals surface area contributed by atoms with Gasteiger partial charge in [-0.05, 0) is 48.5 Å². The van der Waals surface area contributed by atoms with Gasteiger partial charge in [-0.2, -0.15) is 5.26 Å². The summed E-state index contributed by atoms with van der Waals surface area (Å²) in [5.41, 5.74) is 0.728. The van der Waals surface area contributed by atoms with E-state index in [0.717, 1.165) is 0 Å². The van der Waals surface area contributed by atoms with Crippen LogP contribution >= 0.6 is 0 Å². The van der Waals surface area contributed by atoms with Gasteiger partial charge in [0.1, 0.15) is 11.5 Å². The smallest absolute Gasteiger partial charge is 0.343 e. The van der Waals surface area contributed by atoms with Crippen LogP contribution in [0.3, 0.4) is 0 Å². The molecule has 0 saturated heterocycles. The van der Waals surface area contributed by atoms with Gasteiger partial charge >= 0.3 is 5.97 Å². The third kappa shape index (κ3) is 3.76. The van der Waals surface area contributed by atoms with Crippen LogP contribution in [0.2, 0.25) is 0 Å². The highest BCUT2D eigenvalue weighted by Crippen LogP contribution is 2.22. The van der Waals surface area contributed by atoms with Gasteiger partial charge in [0.2, 0.25) is 5.88 Å². The minimum atomic E-state index is -0.523. The van der Waals surface area contributed by atoms with Gasteiger partial charge in [0.25, 0.3) is 0 Å². The van der Waals surface area contributed by atoms with Gasteiger partial charge in [-0.3, -0.25) is 0 Å². The molecule has 116 valence electrons. The highest BCUT2D eigenvalue weighted by Gasteiger charge is 2.09. The van der Waals surface area contributed by atoms with Gasteiger partial charge in [-0.15, -0.1) is 0 Å². The van der Waals surface area contributed by atoms with E-state index in [2.05, 4.69) is 4.98 Å². The molecule has 2 aromatic carbocycles. The number of esters is 1. The van der Waals surface area contributed by atoms with Crippen molar-refractivity contribution < 1.29 is 14.3 Å². The molecular weight excluding hydrogens is 304 g/mol. The van der Waals surface area contributed by atoms with E-state index in [1.54, 1.807) is 60.8 Å². The fraction of sp³-hybridized carbons (Fsp3) is 0. The first-order valence-electron chi connectivity index (χ1n) is 7.16. The van der Waals surface area contributed by atoms with Crippen LogP contribution in [0, 0.1) is 11.3 Å². The number of benzene rings is 2. The second-order valence-electron chi connectivity index (χ2n) is 4.82. The zero-order valence-electron chi connectivity index (χ0n) is 12.5. The Labute approximate surface area is 138 Å². The van der Waals surface area contributed by atoms with E-state index in [1.807, 2.05) is 12.1 Å². The number of pyridine rings is 1. The van der Waals surface area contributed by atoms with Gasteiger partial charge in [0, 0.05) is 12.3 Å². The van der Waals surface area contributed by atoms with Crippen molar-refractivity contribution in [2.45, 2.75) is 0 Å². The van der Waals surface area contributed by atoms with Crippen molar-refractivity contribution in [3.05, 3.63) is 84.1 Å². The lowest BCUT2D eigenvalue weighted by Crippen LogP contribution is -2.08. The van der Waals surface area contributed by atoms with Gasteiger partial charge in [-0.1, -0.05) is 12.1 Å². The monoisotopic (exact) mass is 316 g/mol. The Balaban J connectivity index is 1.67. The van der Waals surface area contributed by atoms with Crippen LogP contribution in [-0.4, -0.2) is 11.0 Å². The zero-order valence-corrected chi connectivity index (χ0v) is 12.5. The Kier molecular flexibility index (Phi) is 4.50. The summed E-state index contributed by atoms with van der Waals surface area (Å²) in [6.07, 6.45) is 1.64. The first kappa shape index (κ1) is 15.3. The summed E-state index contributed by atoms with van der Waals surface area (Å²) in [7, 11) is 0. The van der Waals surface area contributed by atoms with Gasteiger partial charge < -0.3 is 9.47 Å². The van der Waals surface area contributed by atoms with Crippen LogP contribution in [0.1, 0.15) is 15.9 Å². The lowest BCUT2D eigenvalue weighted by molar-refractivity contribution is 0.0734. The quantitative estimate of drug-likeness (QED) is 0.538. The molecule has 0 spiro atoms. The van der Waals surface area contributed by atoms with E-state index < -0.39 is 5.97 Å². The van der Waals surface area contributed by atoms with Crippen molar-refractivity contribution in [1.29, 1.82) is 5.26 Å². The predicted molar refractivity (Wildman–Crippen MR) is 86.9 cm³/mol. The molecule has 0 fully saturated rings. The molecule has 0 aliphatic heterocycles. The van der Waals surface area contributed by atoms with Crippen LogP contribution in [0.25, 0.3) is 0 Å². The molecule has 1 aromatic heterocycles. The van der Waals surface area contributed by atoms with Crippen LogP contribution in [0.4, 0.5) is 0 Å². The molecule has 3 rings (SSSR count). The average Bonchev–Trinajstić information content (AvgIpc) is 2.64. The van der Waals surface area contributed by atoms with E-state index in [1.165, 1.54) is 6.07 Å². The molecule has 1 heterocycles. The topological polar surface area (TPSA) is 72.2 Å². The molecule has 0 aliphatic rings. The summed E-state index contributed by atoms with van der Waals surface area (Å²) < 4.78 is 10.9. The maximum absolute atomic E-state index is 12.1. The number of ether oxygens (including phenoxy) is 2. The Morgan fingerprint density at radius 1 is 0.958 bits per heavy atom. The molecule has 0 amide bonds. The summed E-state index contributed by atoms with van der Waals surface area (Å²) >= 11 is 0. The fourth-order valence-corrected chi connectivity index (χ4v) is 1.99. The van der Waals surface area contributed by atoms with Crippen molar-refractivity contribution in [2.75, 3.05) is 0 Å². The second-order valence-corrected chi connectivity index (χ2v) is 4.82.